The van der Waals surface area contributed by atoms with Crippen molar-refractivity contribution in [3.8, 4) is 17.0 Å². The number of hydrogen-bond acceptors (Lipinski definition) is 7. The maximum absolute atomic E-state index is 16.1. The largest absolute Gasteiger partial charge is 0.426 e. The van der Waals surface area contributed by atoms with E-state index in [9.17, 15) is 9.59 Å². The number of likely N-dealkylation sites (N-methyl/N-ethyl adjacent to an activating group) is 1. The molecule has 0 radical (unpaired) electrons. The van der Waals surface area contributed by atoms with Gasteiger partial charge in [0, 0.05) is 37.5 Å². The number of amidine groups is 1. The Morgan fingerprint density at radius 2 is 1.93 bits per heavy atom. The zero-order valence-corrected chi connectivity index (χ0v) is 25.4. The number of benzene rings is 2. The van der Waals surface area contributed by atoms with Gasteiger partial charge >= 0.3 is 5.97 Å². The van der Waals surface area contributed by atoms with Crippen molar-refractivity contribution in [3.63, 3.8) is 0 Å². The molecule has 0 aliphatic carbocycles. The van der Waals surface area contributed by atoms with Gasteiger partial charge in [-0.2, -0.15) is 0 Å². The Morgan fingerprint density at radius 1 is 1.19 bits per heavy atom. The first-order valence-electron chi connectivity index (χ1n) is 13.6. The summed E-state index contributed by atoms with van der Waals surface area (Å²) in [6.07, 6.45) is 2.41. The van der Waals surface area contributed by atoms with Crippen molar-refractivity contribution in [2.45, 2.75) is 44.6 Å². The van der Waals surface area contributed by atoms with Crippen molar-refractivity contribution in [3.05, 3.63) is 65.2 Å². The van der Waals surface area contributed by atoms with E-state index < -0.39 is 23.3 Å². The summed E-state index contributed by atoms with van der Waals surface area (Å²) < 4.78 is 36.3. The van der Waals surface area contributed by atoms with Crippen LogP contribution in [-0.2, 0) is 9.59 Å². The second kappa shape index (κ2) is 13.4. The molecule has 0 spiro atoms. The molecular formula is C31H35F2N5O3S. The molecule has 1 fully saturated rings. The Hall–Kier alpha value is -3.83. The van der Waals surface area contributed by atoms with E-state index in [1.165, 1.54) is 25.1 Å². The first-order valence-corrected chi connectivity index (χ1v) is 14.9. The lowest BCUT2D eigenvalue weighted by Gasteiger charge is -2.40. The van der Waals surface area contributed by atoms with Gasteiger partial charge in [0.25, 0.3) is 0 Å². The zero-order valence-electron chi connectivity index (χ0n) is 24.6. The maximum Gasteiger partial charge on any atom is 0.308 e. The average molecular weight is 596 g/mol. The lowest BCUT2D eigenvalue weighted by molar-refractivity contribution is -0.131. The molecule has 222 valence electrons. The molecule has 4 rings (SSSR count). The molecule has 1 aliphatic rings. The van der Waals surface area contributed by atoms with Crippen LogP contribution >= 0.6 is 11.8 Å². The summed E-state index contributed by atoms with van der Waals surface area (Å²) in [5, 5.41) is 2.58. The van der Waals surface area contributed by atoms with Gasteiger partial charge in [0.2, 0.25) is 6.41 Å². The van der Waals surface area contributed by atoms with Crippen molar-refractivity contribution in [2.75, 3.05) is 38.3 Å². The lowest BCUT2D eigenvalue weighted by atomic mass is 10.0. The van der Waals surface area contributed by atoms with Crippen LogP contribution in [0.4, 0.5) is 20.3 Å². The molecule has 11 heteroatoms. The van der Waals surface area contributed by atoms with E-state index in [0.717, 1.165) is 35.3 Å². The van der Waals surface area contributed by atoms with Gasteiger partial charge in [-0.05, 0) is 56.0 Å². The fourth-order valence-corrected chi connectivity index (χ4v) is 5.68. The molecular weight excluding hydrogens is 560 g/mol. The normalized spacial score (nSPS) is 16.1. The van der Waals surface area contributed by atoms with Gasteiger partial charge in [0.15, 0.2) is 5.82 Å². The number of aliphatic imine (C=N–C) groups is 1. The molecule has 1 amide bonds. The number of esters is 1. The molecule has 8 nitrogen and oxygen atoms in total. The number of piperazine rings is 1. The van der Waals surface area contributed by atoms with Crippen molar-refractivity contribution >= 4 is 41.5 Å². The van der Waals surface area contributed by atoms with Crippen LogP contribution in [0.3, 0.4) is 0 Å². The smallest absolute Gasteiger partial charge is 0.308 e. The summed E-state index contributed by atoms with van der Waals surface area (Å²) in [5.41, 5.74) is 1.29. The predicted octanol–water partition coefficient (Wildman–Crippen LogP) is 6.08. The van der Waals surface area contributed by atoms with Crippen molar-refractivity contribution in [1.29, 1.82) is 0 Å². The van der Waals surface area contributed by atoms with Gasteiger partial charge in [-0.3, -0.25) is 9.59 Å². The molecule has 1 saturated heterocycles. The molecule has 0 bridgehead atoms. The number of carbonyl (C=O) groups is 2. The number of anilines is 1. The number of carbonyl (C=O) groups excluding carboxylic acids is 2. The van der Waals surface area contributed by atoms with Crippen LogP contribution in [0.25, 0.3) is 11.3 Å². The lowest BCUT2D eigenvalue weighted by Crippen LogP contribution is -2.53. The molecule has 1 aromatic heterocycles. The second-order valence-electron chi connectivity index (χ2n) is 10.5. The van der Waals surface area contributed by atoms with Crippen LogP contribution in [-0.4, -0.2) is 72.0 Å². The maximum atomic E-state index is 16.1. The van der Waals surface area contributed by atoms with Gasteiger partial charge in [-0.25, -0.2) is 18.8 Å². The number of rotatable bonds is 8. The topological polar surface area (TPSA) is 87.1 Å². The third-order valence-corrected chi connectivity index (χ3v) is 7.84. The fraction of sp³-hybridized carbons (Fsp3) is 0.355. The predicted molar refractivity (Wildman–Crippen MR) is 163 cm³/mol. The standard InChI is InChI=1S/C31H35F2N5O3S/c1-18(2)21-9-7-12-26(42-6)28(21)36-31(38-14-13-37(5)16-19(38)3)22-15-24(33)29(35-30(22)34-17-39)27-23(32)10-8-11-25(27)41-20(4)40/h7-12,15,17-19H,13-14,16H2,1-6H3,(H,34,35,39)/b36-31+. The summed E-state index contributed by atoms with van der Waals surface area (Å²) in [6.45, 7) is 9.48. The number of amides is 1. The zero-order chi connectivity index (χ0) is 30.6. The van der Waals surface area contributed by atoms with E-state index >= 15 is 8.78 Å². The number of nitrogens with zero attached hydrogens (tertiary/aromatic N) is 4. The highest BCUT2D eigenvalue weighted by Gasteiger charge is 2.30. The molecule has 1 aliphatic heterocycles. The van der Waals surface area contributed by atoms with E-state index in [1.807, 2.05) is 31.5 Å². The van der Waals surface area contributed by atoms with Gasteiger partial charge in [0.05, 0.1) is 16.8 Å². The van der Waals surface area contributed by atoms with Crippen LogP contribution in [0.5, 0.6) is 5.75 Å². The molecule has 3 aromatic rings. The number of halogens is 2. The highest BCUT2D eigenvalue weighted by Crippen LogP contribution is 2.39. The van der Waals surface area contributed by atoms with E-state index in [1.54, 1.807) is 11.8 Å². The monoisotopic (exact) mass is 595 g/mol. The third-order valence-electron chi connectivity index (χ3n) is 7.07. The van der Waals surface area contributed by atoms with E-state index in [4.69, 9.17) is 9.73 Å². The van der Waals surface area contributed by atoms with Crippen molar-refractivity contribution in [1.82, 2.24) is 14.8 Å². The number of aromatic nitrogens is 1. The summed E-state index contributed by atoms with van der Waals surface area (Å²) >= 11 is 1.56. The molecule has 42 heavy (non-hydrogen) atoms. The van der Waals surface area contributed by atoms with Crippen LogP contribution in [0.2, 0.25) is 0 Å². The van der Waals surface area contributed by atoms with Gasteiger partial charge < -0.3 is 19.9 Å². The van der Waals surface area contributed by atoms with E-state index in [-0.39, 0.29) is 34.7 Å². The van der Waals surface area contributed by atoms with E-state index in [2.05, 4.69) is 40.9 Å². The quantitative estimate of drug-likeness (QED) is 0.0844. The molecule has 1 atom stereocenters. The van der Waals surface area contributed by atoms with Gasteiger partial charge in [0.1, 0.15) is 28.9 Å². The summed E-state index contributed by atoms with van der Waals surface area (Å²) in [6, 6.07) is 11.0. The van der Waals surface area contributed by atoms with Crippen molar-refractivity contribution < 1.29 is 23.1 Å². The van der Waals surface area contributed by atoms with E-state index in [0.29, 0.717) is 18.8 Å². The Labute approximate surface area is 249 Å². The molecule has 2 aromatic carbocycles. The first-order chi connectivity index (χ1) is 20.0. The Kier molecular flexibility index (Phi) is 9.95. The minimum absolute atomic E-state index is 0.000368. The summed E-state index contributed by atoms with van der Waals surface area (Å²) in [5.74, 6) is -1.98. The van der Waals surface area contributed by atoms with Crippen LogP contribution in [0.15, 0.2) is 52.4 Å². The molecule has 1 N–H and O–H groups in total. The van der Waals surface area contributed by atoms with Crippen LogP contribution in [0, 0.1) is 11.6 Å². The number of para-hydroxylation sites is 1. The summed E-state index contributed by atoms with van der Waals surface area (Å²) in [7, 11) is 2.04. The first kappa shape index (κ1) is 31.1. The summed E-state index contributed by atoms with van der Waals surface area (Å²) in [4.78, 5) is 38.3. The average Bonchev–Trinajstić information content (AvgIpc) is 2.93. The Bertz CT molecular complexity index is 1510. The fourth-order valence-electron chi connectivity index (χ4n) is 5.10. The third kappa shape index (κ3) is 6.63. The highest BCUT2D eigenvalue weighted by molar-refractivity contribution is 7.98. The number of nitrogens with one attached hydrogen (secondary N) is 1. The van der Waals surface area contributed by atoms with Crippen LogP contribution < -0.4 is 10.1 Å². The van der Waals surface area contributed by atoms with Gasteiger partial charge in [-0.15, -0.1) is 11.8 Å². The minimum Gasteiger partial charge on any atom is -0.426 e. The molecule has 0 saturated carbocycles. The Morgan fingerprint density at radius 3 is 2.57 bits per heavy atom. The molecule has 2 heterocycles. The number of ether oxygens (including phenoxy) is 1. The highest BCUT2D eigenvalue weighted by atomic mass is 32.2. The number of pyridine rings is 1. The second-order valence-corrected chi connectivity index (χ2v) is 11.3. The van der Waals surface area contributed by atoms with Crippen molar-refractivity contribution in [2.24, 2.45) is 4.99 Å². The molecule has 1 unspecified atom stereocenters. The van der Waals surface area contributed by atoms with Gasteiger partial charge in [-0.1, -0.05) is 32.0 Å². The van der Waals surface area contributed by atoms with Crippen LogP contribution in [0.1, 0.15) is 44.7 Å². The number of thioether (sulfide) groups is 1. The Balaban J connectivity index is 2.01. The minimum atomic E-state index is -0.864. The number of hydrogen-bond donors (Lipinski definition) is 1. The SMILES string of the molecule is CSc1cccc(C(C)C)c1/N=C(\c1cc(F)c(-c2c(F)cccc2OC(C)=O)nc1NC=O)N1CCN(C)CC1C.